The maximum Gasteiger partial charge on any atom is 0.224 e. The van der Waals surface area contributed by atoms with Gasteiger partial charge in [0.1, 0.15) is 12.5 Å². The van der Waals surface area contributed by atoms with Gasteiger partial charge in [-0.15, -0.1) is 0 Å². The van der Waals surface area contributed by atoms with Crippen molar-refractivity contribution in [2.45, 2.75) is 39.2 Å². The van der Waals surface area contributed by atoms with Crippen molar-refractivity contribution in [3.05, 3.63) is 29.8 Å². The van der Waals surface area contributed by atoms with Crippen LogP contribution in [0.1, 0.15) is 38.2 Å². The van der Waals surface area contributed by atoms with E-state index < -0.39 is 6.67 Å². The van der Waals surface area contributed by atoms with Crippen molar-refractivity contribution >= 4 is 23.3 Å². The van der Waals surface area contributed by atoms with E-state index >= 15 is 0 Å². The maximum absolute atomic E-state index is 12.2. The number of nitrogens with one attached hydrogen (secondary N) is 5. The number of amidine groups is 1. The first-order valence-electron chi connectivity index (χ1n) is 9.64. The molecular weight excluding hydrogens is 361 g/mol. The number of benzene rings is 1. The molecule has 0 unspecified atom stereocenters. The summed E-state index contributed by atoms with van der Waals surface area (Å²) in [6.45, 7) is 2.71. The zero-order chi connectivity index (χ0) is 20.8. The van der Waals surface area contributed by atoms with Gasteiger partial charge in [0, 0.05) is 31.1 Å². The van der Waals surface area contributed by atoms with Crippen molar-refractivity contribution in [3.63, 3.8) is 0 Å². The fourth-order valence-electron chi connectivity index (χ4n) is 2.60. The highest BCUT2D eigenvalue weighted by Crippen LogP contribution is 2.12. The number of carbonyl (C=O) groups is 2. The molecule has 5 N–H and O–H groups in total. The molecule has 0 aliphatic rings. The lowest BCUT2D eigenvalue weighted by atomic mass is 10.0. The Hall–Kier alpha value is -2.48. The fraction of sp³-hybridized carbons (Fsp3) is 0.550. The van der Waals surface area contributed by atoms with Gasteiger partial charge in [0.25, 0.3) is 0 Å². The number of hydrogen-bond donors (Lipinski definition) is 5. The van der Waals surface area contributed by atoms with Crippen molar-refractivity contribution in [1.82, 2.24) is 16.0 Å². The molecular formula is C20H32FN5O2. The van der Waals surface area contributed by atoms with Crippen LogP contribution < -0.4 is 21.3 Å². The number of amides is 2. The average Bonchev–Trinajstić information content (AvgIpc) is 2.69. The Morgan fingerprint density at radius 1 is 1.18 bits per heavy atom. The van der Waals surface area contributed by atoms with Crippen molar-refractivity contribution in [2.75, 3.05) is 32.1 Å². The fourth-order valence-corrected chi connectivity index (χ4v) is 2.60. The van der Waals surface area contributed by atoms with E-state index in [4.69, 9.17) is 5.41 Å². The summed E-state index contributed by atoms with van der Waals surface area (Å²) >= 11 is 0. The molecule has 0 saturated carbocycles. The molecule has 0 radical (unpaired) electrons. The highest BCUT2D eigenvalue weighted by Gasteiger charge is 2.12. The van der Waals surface area contributed by atoms with Gasteiger partial charge in [0.15, 0.2) is 0 Å². The summed E-state index contributed by atoms with van der Waals surface area (Å²) in [5.41, 5.74) is 1.63. The molecule has 7 nitrogen and oxygen atoms in total. The molecule has 2 amide bonds. The van der Waals surface area contributed by atoms with Crippen molar-refractivity contribution < 1.29 is 14.0 Å². The van der Waals surface area contributed by atoms with E-state index in [1.165, 1.54) is 0 Å². The predicted molar refractivity (Wildman–Crippen MR) is 110 cm³/mol. The molecule has 0 aliphatic carbocycles. The zero-order valence-corrected chi connectivity index (χ0v) is 16.7. The van der Waals surface area contributed by atoms with E-state index in [9.17, 15) is 14.0 Å². The first-order chi connectivity index (χ1) is 13.5. The molecule has 1 atom stereocenters. The lowest BCUT2D eigenvalue weighted by Gasteiger charge is -2.13. The van der Waals surface area contributed by atoms with E-state index in [1.54, 1.807) is 0 Å². The molecule has 0 heterocycles. The molecule has 0 fully saturated rings. The van der Waals surface area contributed by atoms with Gasteiger partial charge < -0.3 is 21.3 Å². The third-order valence-corrected chi connectivity index (χ3v) is 4.24. The number of alkyl halides is 1. The Balaban J connectivity index is 2.36. The first-order valence-corrected chi connectivity index (χ1v) is 9.64. The van der Waals surface area contributed by atoms with Gasteiger partial charge in [-0.25, -0.2) is 4.39 Å². The second-order valence-electron chi connectivity index (χ2n) is 6.76. The zero-order valence-electron chi connectivity index (χ0n) is 16.7. The van der Waals surface area contributed by atoms with Crippen LogP contribution in [-0.2, 0) is 16.1 Å². The summed E-state index contributed by atoms with van der Waals surface area (Å²) in [7, 11) is 1.85. The second-order valence-corrected chi connectivity index (χ2v) is 6.76. The Bertz CT molecular complexity index is 639. The lowest BCUT2D eigenvalue weighted by molar-refractivity contribution is -0.124. The number of hydrogen-bond acceptors (Lipinski definition) is 4. The van der Waals surface area contributed by atoms with Crippen LogP contribution in [-0.4, -0.2) is 44.5 Å². The number of halogens is 1. The molecule has 1 aromatic carbocycles. The summed E-state index contributed by atoms with van der Waals surface area (Å²) in [5.74, 6) is -0.385. The van der Waals surface area contributed by atoms with Crippen LogP contribution in [0.2, 0.25) is 0 Å². The Morgan fingerprint density at radius 2 is 1.96 bits per heavy atom. The van der Waals surface area contributed by atoms with Crippen molar-refractivity contribution in [2.24, 2.45) is 5.92 Å². The molecule has 0 spiro atoms. The van der Waals surface area contributed by atoms with Gasteiger partial charge in [-0.1, -0.05) is 19.1 Å². The van der Waals surface area contributed by atoms with E-state index in [2.05, 4.69) is 21.3 Å². The maximum atomic E-state index is 12.2. The smallest absolute Gasteiger partial charge is 0.224 e. The van der Waals surface area contributed by atoms with E-state index in [-0.39, 0.29) is 23.6 Å². The van der Waals surface area contributed by atoms with Gasteiger partial charge in [-0.3, -0.25) is 15.0 Å². The standard InChI is InChI=1S/C20H32FN5O2/c1-15(6-4-11-24-18(22)13-21)20(28)25-14-16-7-3-8-17(12-16)26-19(27)9-5-10-23-2/h3,7-8,12,15,23H,4-6,9-11,13-14H2,1-2H3,(H2,22,24)(H,25,28)(H,26,27)/t15-/m0/s1. The van der Waals surface area contributed by atoms with Gasteiger partial charge in [-0.2, -0.15) is 0 Å². The topological polar surface area (TPSA) is 106 Å². The van der Waals surface area contributed by atoms with E-state index in [0.717, 1.165) is 24.2 Å². The largest absolute Gasteiger partial charge is 0.372 e. The Kier molecular flexibility index (Phi) is 11.5. The second kappa shape index (κ2) is 13.7. The number of carbonyl (C=O) groups excluding carboxylic acids is 2. The monoisotopic (exact) mass is 393 g/mol. The van der Waals surface area contributed by atoms with Crippen LogP contribution in [0.4, 0.5) is 10.1 Å². The molecule has 156 valence electrons. The molecule has 0 aliphatic heterocycles. The molecule has 8 heteroatoms. The molecule has 1 aromatic rings. The summed E-state index contributed by atoms with van der Waals surface area (Å²) in [4.78, 5) is 24.1. The third kappa shape index (κ3) is 10.0. The quantitative estimate of drug-likeness (QED) is 0.201. The van der Waals surface area contributed by atoms with Gasteiger partial charge in [-0.05, 0) is 50.6 Å². The minimum atomic E-state index is -0.800. The van der Waals surface area contributed by atoms with Crippen LogP contribution in [0.3, 0.4) is 0 Å². The van der Waals surface area contributed by atoms with Crippen molar-refractivity contribution in [1.29, 1.82) is 5.41 Å². The van der Waals surface area contributed by atoms with Crippen LogP contribution >= 0.6 is 0 Å². The average molecular weight is 394 g/mol. The molecule has 0 bridgehead atoms. The highest BCUT2D eigenvalue weighted by atomic mass is 19.1. The minimum absolute atomic E-state index is 0.0282. The Morgan fingerprint density at radius 3 is 2.68 bits per heavy atom. The summed E-state index contributed by atoms with van der Waals surface area (Å²) in [6, 6.07) is 7.42. The summed E-state index contributed by atoms with van der Waals surface area (Å²) in [6.07, 6.45) is 2.58. The number of anilines is 1. The number of rotatable bonds is 13. The normalized spacial score (nSPS) is 11.5. The van der Waals surface area contributed by atoms with Crippen LogP contribution in [0.25, 0.3) is 0 Å². The third-order valence-electron chi connectivity index (χ3n) is 4.24. The van der Waals surface area contributed by atoms with Gasteiger partial charge >= 0.3 is 0 Å². The minimum Gasteiger partial charge on any atom is -0.372 e. The SMILES string of the molecule is CNCCCC(=O)Nc1cccc(CNC(=O)[C@@H](C)CCCNC(=N)CF)c1. The van der Waals surface area contributed by atoms with Crippen LogP contribution in [0.5, 0.6) is 0 Å². The van der Waals surface area contributed by atoms with Crippen molar-refractivity contribution in [3.8, 4) is 0 Å². The summed E-state index contributed by atoms with van der Waals surface area (Å²) in [5, 5.41) is 18.6. The van der Waals surface area contributed by atoms with E-state index in [0.29, 0.717) is 32.4 Å². The molecule has 0 aromatic heterocycles. The van der Waals surface area contributed by atoms with Gasteiger partial charge in [0.2, 0.25) is 11.8 Å². The first kappa shape index (κ1) is 23.6. The highest BCUT2D eigenvalue weighted by molar-refractivity contribution is 5.90. The molecule has 0 saturated heterocycles. The lowest BCUT2D eigenvalue weighted by Crippen LogP contribution is -2.30. The van der Waals surface area contributed by atoms with E-state index in [1.807, 2.05) is 38.2 Å². The Labute approximate surface area is 166 Å². The summed E-state index contributed by atoms with van der Waals surface area (Å²) < 4.78 is 12.2. The molecule has 28 heavy (non-hydrogen) atoms. The predicted octanol–water partition coefficient (Wildman–Crippen LogP) is 2.19. The van der Waals surface area contributed by atoms with Gasteiger partial charge in [0.05, 0.1) is 0 Å². The van der Waals surface area contributed by atoms with Crippen LogP contribution in [0.15, 0.2) is 24.3 Å². The van der Waals surface area contributed by atoms with Crippen LogP contribution in [0, 0.1) is 11.3 Å². The molecule has 1 rings (SSSR count).